The first-order chi connectivity index (χ1) is 22.6. The molecular formula is C38H66O10Si. The summed E-state index contributed by atoms with van der Waals surface area (Å²) in [6.07, 6.45) is -3.10. The average molecular weight is 711 g/mol. The average Bonchev–Trinajstić information content (AvgIpc) is 3.26. The first-order valence-corrected chi connectivity index (χ1v) is 20.8. The lowest BCUT2D eigenvalue weighted by Gasteiger charge is -2.51. The molecule has 1 aromatic carbocycles. The molecule has 9 atom stereocenters. The van der Waals surface area contributed by atoms with Crippen LogP contribution in [0.1, 0.15) is 87.1 Å². The van der Waals surface area contributed by atoms with Crippen LogP contribution in [0.4, 0.5) is 0 Å². The molecule has 2 aliphatic rings. The van der Waals surface area contributed by atoms with Gasteiger partial charge in [0.15, 0.2) is 14.1 Å². The van der Waals surface area contributed by atoms with Crippen molar-refractivity contribution in [2.24, 2.45) is 23.2 Å². The largest absolute Gasteiger partial charge is 0.497 e. The fourth-order valence-electron chi connectivity index (χ4n) is 7.73. The van der Waals surface area contributed by atoms with Gasteiger partial charge in [-0.2, -0.15) is 0 Å². The number of Topliss-reactive ketones (excluding diaryl/α,β-unsaturated/α-hetero) is 1. The Balaban J connectivity index is 2.25. The van der Waals surface area contributed by atoms with E-state index >= 15 is 0 Å². The van der Waals surface area contributed by atoms with E-state index in [1.165, 1.54) is 7.11 Å². The predicted molar refractivity (Wildman–Crippen MR) is 192 cm³/mol. The molecule has 0 radical (unpaired) electrons. The van der Waals surface area contributed by atoms with Crippen LogP contribution in [0.25, 0.3) is 0 Å². The van der Waals surface area contributed by atoms with Gasteiger partial charge < -0.3 is 43.4 Å². The van der Waals surface area contributed by atoms with E-state index in [2.05, 4.69) is 33.9 Å². The van der Waals surface area contributed by atoms with Crippen LogP contribution in [-0.2, 0) is 34.8 Å². The normalized spacial score (nSPS) is 30.3. The third-order valence-corrected chi connectivity index (χ3v) is 16.5. The maximum absolute atomic E-state index is 14.8. The summed E-state index contributed by atoms with van der Waals surface area (Å²) in [5, 5.41) is 37.2. The minimum atomic E-state index is -2.51. The molecule has 2 saturated carbocycles. The second-order valence-corrected chi connectivity index (χ2v) is 21.6. The molecule has 0 saturated heterocycles. The number of aliphatic hydroxyl groups excluding tert-OH is 1. The summed E-state index contributed by atoms with van der Waals surface area (Å²) in [5.41, 5.74) is -3.21. The van der Waals surface area contributed by atoms with E-state index in [1.54, 1.807) is 21.0 Å². The molecule has 3 N–H and O–H groups in total. The van der Waals surface area contributed by atoms with Crippen LogP contribution in [0.15, 0.2) is 24.3 Å². The van der Waals surface area contributed by atoms with Gasteiger partial charge in [-0.25, -0.2) is 0 Å². The van der Waals surface area contributed by atoms with Crippen molar-refractivity contribution in [3.05, 3.63) is 29.8 Å². The molecule has 0 unspecified atom stereocenters. The van der Waals surface area contributed by atoms with Crippen molar-refractivity contribution >= 4 is 14.1 Å². The summed E-state index contributed by atoms with van der Waals surface area (Å²) in [5.74, 6) is -1.48. The lowest BCUT2D eigenvalue weighted by molar-refractivity contribution is -0.224. The third kappa shape index (κ3) is 8.80. The highest BCUT2D eigenvalue weighted by Gasteiger charge is 2.65. The minimum absolute atomic E-state index is 0.0844. The third-order valence-electron chi connectivity index (χ3n) is 12.0. The molecule has 0 heterocycles. The number of ether oxygens (including phenoxy) is 5. The van der Waals surface area contributed by atoms with Crippen molar-refractivity contribution in [1.82, 2.24) is 0 Å². The predicted octanol–water partition coefficient (Wildman–Crippen LogP) is 5.89. The van der Waals surface area contributed by atoms with Gasteiger partial charge in [-0.05, 0) is 75.9 Å². The topological polar surface area (TPSA) is 133 Å². The van der Waals surface area contributed by atoms with Crippen LogP contribution >= 0.6 is 0 Å². The lowest BCUT2D eigenvalue weighted by atomic mass is 9.66. The highest BCUT2D eigenvalue weighted by Crippen LogP contribution is 2.58. The maximum atomic E-state index is 14.8. The van der Waals surface area contributed by atoms with Gasteiger partial charge >= 0.3 is 0 Å². The number of ketones is 1. The Morgan fingerprint density at radius 2 is 1.65 bits per heavy atom. The van der Waals surface area contributed by atoms with Crippen LogP contribution in [0, 0.1) is 23.2 Å². The Kier molecular flexibility index (Phi) is 13.8. The van der Waals surface area contributed by atoms with Gasteiger partial charge in [-0.15, -0.1) is 0 Å². The first kappa shape index (κ1) is 42.0. The molecule has 2 bridgehead atoms. The lowest BCUT2D eigenvalue weighted by Crippen LogP contribution is -2.63. The highest BCUT2D eigenvalue weighted by atomic mass is 28.4. The number of carbonyl (C=O) groups excluding carboxylic acids is 1. The quantitative estimate of drug-likeness (QED) is 0.150. The van der Waals surface area contributed by atoms with Gasteiger partial charge in [0.05, 0.1) is 44.2 Å². The summed E-state index contributed by atoms with van der Waals surface area (Å²) in [7, 11) is 0.597. The van der Waals surface area contributed by atoms with E-state index in [0.717, 1.165) is 5.56 Å². The Morgan fingerprint density at radius 1 is 1.04 bits per heavy atom. The van der Waals surface area contributed by atoms with E-state index in [0.29, 0.717) is 18.6 Å². The zero-order chi connectivity index (χ0) is 37.2. The molecule has 1 aromatic rings. The number of fused-ring (bicyclic) bond motifs is 2. The smallest absolute Gasteiger partial charge is 0.192 e. The van der Waals surface area contributed by atoms with Crippen LogP contribution < -0.4 is 4.74 Å². The molecule has 0 spiro atoms. The van der Waals surface area contributed by atoms with Crippen molar-refractivity contribution < 1.29 is 48.2 Å². The van der Waals surface area contributed by atoms with Crippen LogP contribution in [0.5, 0.6) is 5.75 Å². The number of hydrogen-bond donors (Lipinski definition) is 3. The molecule has 49 heavy (non-hydrogen) atoms. The Labute approximate surface area is 296 Å². The molecule has 0 aliphatic heterocycles. The zero-order valence-electron chi connectivity index (χ0n) is 32.4. The zero-order valence-corrected chi connectivity index (χ0v) is 33.4. The number of hydrogen-bond acceptors (Lipinski definition) is 10. The van der Waals surface area contributed by atoms with Crippen molar-refractivity contribution in [3.63, 3.8) is 0 Å². The van der Waals surface area contributed by atoms with E-state index < -0.39 is 61.2 Å². The van der Waals surface area contributed by atoms with E-state index in [4.69, 9.17) is 28.1 Å². The van der Waals surface area contributed by atoms with Gasteiger partial charge in [0.1, 0.15) is 30.4 Å². The first-order valence-electron chi connectivity index (χ1n) is 17.9. The summed E-state index contributed by atoms with van der Waals surface area (Å²) >= 11 is 0. The second kappa shape index (κ2) is 16.1. The van der Waals surface area contributed by atoms with Crippen molar-refractivity contribution in [2.75, 3.05) is 27.6 Å². The van der Waals surface area contributed by atoms with E-state index in [1.807, 2.05) is 52.0 Å². The standard InChI is InChI=1S/C38H66O10Si/c1-24(2)46-22-37(41,34(26(4)39)45-21-27-14-16-28(44-11)17-15-27)30-20-31(48-49(12,13)35(5,6)7)38(42)19-18-29(36(38,8)9)33(47-23-43-10)32(40)25(30)3/h14-17,24-26,29-31,33-34,39,41-42H,18-23H2,1-13H3/t25-,26+,29+,30-,31-,33+,34+,37+,38+/m0/s1. The number of benzene rings is 1. The summed E-state index contributed by atoms with van der Waals surface area (Å²) in [6.45, 7) is 21.7. The molecular weight excluding hydrogens is 644 g/mol. The van der Waals surface area contributed by atoms with Crippen molar-refractivity contribution in [3.8, 4) is 5.75 Å². The van der Waals surface area contributed by atoms with E-state index in [9.17, 15) is 20.1 Å². The number of methoxy groups -OCH3 is 2. The Morgan fingerprint density at radius 3 is 2.16 bits per heavy atom. The monoisotopic (exact) mass is 710 g/mol. The second-order valence-electron chi connectivity index (χ2n) is 16.9. The Hall–Kier alpha value is -1.41. The van der Waals surface area contributed by atoms with Crippen LogP contribution in [-0.4, -0.2) is 98.8 Å². The molecule has 0 aromatic heterocycles. The molecule has 2 fully saturated rings. The fraction of sp³-hybridized carbons (Fsp3) is 0.816. The van der Waals surface area contributed by atoms with Gasteiger partial charge in [-0.3, -0.25) is 4.79 Å². The minimum Gasteiger partial charge on any atom is -0.497 e. The number of carbonyl (C=O) groups is 1. The fourth-order valence-corrected chi connectivity index (χ4v) is 9.09. The van der Waals surface area contributed by atoms with Gasteiger partial charge in [-0.1, -0.05) is 53.7 Å². The SMILES string of the molecule is COCO[C@H]1C(=O)[C@@H](C)[C@@H]([C@](O)(COC(C)C)[C@H](OCc2ccc(OC)cc2)[C@@H](C)O)C[C@H](O[Si](C)(C)C(C)(C)C)[C@]2(O)CC[C@H]1C2(C)C. The summed E-state index contributed by atoms with van der Waals surface area (Å²) in [4.78, 5) is 14.8. The van der Waals surface area contributed by atoms with Crippen LogP contribution in [0.3, 0.4) is 0 Å². The maximum Gasteiger partial charge on any atom is 0.192 e. The van der Waals surface area contributed by atoms with Crippen molar-refractivity contribution in [2.45, 2.75) is 148 Å². The van der Waals surface area contributed by atoms with E-state index in [-0.39, 0.29) is 49.3 Å². The van der Waals surface area contributed by atoms with Gasteiger partial charge in [0, 0.05) is 30.3 Å². The molecule has 2 aliphatic carbocycles. The van der Waals surface area contributed by atoms with Crippen molar-refractivity contribution in [1.29, 1.82) is 0 Å². The van der Waals surface area contributed by atoms with Crippen LogP contribution in [0.2, 0.25) is 18.1 Å². The molecule has 10 nitrogen and oxygen atoms in total. The Bertz CT molecular complexity index is 1210. The highest BCUT2D eigenvalue weighted by molar-refractivity contribution is 6.74. The molecule has 0 amide bonds. The summed E-state index contributed by atoms with van der Waals surface area (Å²) in [6, 6.07) is 7.37. The van der Waals surface area contributed by atoms with Gasteiger partial charge in [0.25, 0.3) is 0 Å². The number of aliphatic hydroxyl groups is 3. The van der Waals surface area contributed by atoms with Gasteiger partial charge in [0.2, 0.25) is 0 Å². The molecule has 282 valence electrons. The molecule has 11 heteroatoms. The molecule has 3 rings (SSSR count). The summed E-state index contributed by atoms with van der Waals surface area (Å²) < 4.78 is 36.5. The number of rotatable bonds is 15.